The van der Waals surface area contributed by atoms with E-state index >= 15 is 0 Å². The number of likely N-dealkylation sites (tertiary alicyclic amines) is 1. The molecule has 0 atom stereocenters. The molecule has 2 heterocycles. The average molecular weight is 479 g/mol. The maximum absolute atomic E-state index is 13.0. The van der Waals surface area contributed by atoms with Crippen molar-refractivity contribution in [1.29, 1.82) is 0 Å². The van der Waals surface area contributed by atoms with Gasteiger partial charge in [0.2, 0.25) is 5.91 Å². The van der Waals surface area contributed by atoms with Gasteiger partial charge in [0.05, 0.1) is 4.92 Å². The molecule has 9 heteroatoms. The number of amides is 2. The van der Waals surface area contributed by atoms with Gasteiger partial charge in [-0.1, -0.05) is 24.3 Å². The van der Waals surface area contributed by atoms with E-state index < -0.39 is 4.92 Å². The summed E-state index contributed by atoms with van der Waals surface area (Å²) >= 11 is 1.67. The number of piperidine rings is 1. The first-order valence-corrected chi connectivity index (χ1v) is 12.1. The van der Waals surface area contributed by atoms with E-state index in [0.29, 0.717) is 38.2 Å². The number of carbonyl (C=O) groups is 2. The largest absolute Gasteiger partial charge is 0.355 e. The molecule has 1 fully saturated rings. The van der Waals surface area contributed by atoms with E-state index in [2.05, 4.69) is 16.7 Å². The molecule has 2 aromatic carbocycles. The monoisotopic (exact) mass is 478 g/mol. The van der Waals surface area contributed by atoms with Crippen molar-refractivity contribution in [1.82, 2.24) is 10.2 Å². The van der Waals surface area contributed by atoms with E-state index in [1.54, 1.807) is 28.4 Å². The third-order valence-electron chi connectivity index (χ3n) is 5.90. The molecule has 3 aromatic rings. The Labute approximate surface area is 201 Å². The van der Waals surface area contributed by atoms with Gasteiger partial charge in [-0.3, -0.25) is 19.7 Å². The van der Waals surface area contributed by atoms with Crippen LogP contribution < -0.4 is 10.6 Å². The van der Waals surface area contributed by atoms with Crippen molar-refractivity contribution in [2.75, 3.05) is 25.0 Å². The van der Waals surface area contributed by atoms with Gasteiger partial charge >= 0.3 is 0 Å². The van der Waals surface area contributed by atoms with Gasteiger partial charge in [-0.2, -0.15) is 0 Å². The number of benzene rings is 2. The number of nitrogens with one attached hydrogen (secondary N) is 2. The van der Waals surface area contributed by atoms with Crippen LogP contribution in [0.25, 0.3) is 0 Å². The molecule has 1 aliphatic heterocycles. The molecule has 0 saturated carbocycles. The number of nitro groups is 1. The van der Waals surface area contributed by atoms with E-state index in [0.717, 1.165) is 12.1 Å². The molecule has 0 aliphatic carbocycles. The minimum absolute atomic E-state index is 0.0237. The number of para-hydroxylation sites is 1. The minimum Gasteiger partial charge on any atom is -0.355 e. The Morgan fingerprint density at radius 1 is 1.06 bits per heavy atom. The fourth-order valence-electron chi connectivity index (χ4n) is 4.03. The van der Waals surface area contributed by atoms with Crippen LogP contribution in [-0.2, 0) is 11.2 Å². The van der Waals surface area contributed by atoms with Crippen LogP contribution in [0, 0.1) is 16.0 Å². The van der Waals surface area contributed by atoms with Crippen molar-refractivity contribution in [2.24, 2.45) is 5.92 Å². The fourth-order valence-corrected chi connectivity index (χ4v) is 4.74. The van der Waals surface area contributed by atoms with E-state index in [1.807, 2.05) is 41.8 Å². The first kappa shape index (κ1) is 23.4. The lowest BCUT2D eigenvalue weighted by molar-refractivity contribution is -0.383. The zero-order valence-corrected chi connectivity index (χ0v) is 19.4. The lowest BCUT2D eigenvalue weighted by atomic mass is 9.95. The topological polar surface area (TPSA) is 105 Å². The highest BCUT2D eigenvalue weighted by atomic mass is 32.1. The molecule has 176 valence electrons. The molecule has 0 bridgehead atoms. The molecule has 0 unspecified atom stereocenters. The lowest BCUT2D eigenvalue weighted by Gasteiger charge is -2.31. The maximum Gasteiger partial charge on any atom is 0.293 e. The summed E-state index contributed by atoms with van der Waals surface area (Å²) in [7, 11) is 0. The summed E-state index contributed by atoms with van der Waals surface area (Å²) in [6.07, 6.45) is 1.97. The second-order valence-corrected chi connectivity index (χ2v) is 9.20. The van der Waals surface area contributed by atoms with Crippen LogP contribution in [0.1, 0.15) is 28.1 Å². The predicted octanol–water partition coefficient (Wildman–Crippen LogP) is 4.61. The van der Waals surface area contributed by atoms with Crippen molar-refractivity contribution in [2.45, 2.75) is 19.3 Å². The summed E-state index contributed by atoms with van der Waals surface area (Å²) in [6.45, 7) is 1.49. The molecule has 1 aliphatic rings. The third kappa shape index (κ3) is 5.79. The predicted molar refractivity (Wildman–Crippen MR) is 132 cm³/mol. The number of carbonyl (C=O) groups excluding carboxylic acids is 2. The Morgan fingerprint density at radius 3 is 2.50 bits per heavy atom. The molecule has 2 amide bonds. The average Bonchev–Trinajstić information content (AvgIpc) is 3.38. The Balaban J connectivity index is 1.33. The van der Waals surface area contributed by atoms with Crippen LogP contribution in [0.15, 0.2) is 66.0 Å². The first-order valence-electron chi connectivity index (χ1n) is 11.2. The summed E-state index contributed by atoms with van der Waals surface area (Å²) in [6, 6.07) is 17.7. The van der Waals surface area contributed by atoms with Crippen molar-refractivity contribution in [3.05, 3.63) is 86.6 Å². The highest BCUT2D eigenvalue weighted by molar-refractivity contribution is 7.09. The van der Waals surface area contributed by atoms with Crippen molar-refractivity contribution in [3.8, 4) is 0 Å². The highest BCUT2D eigenvalue weighted by Crippen LogP contribution is 2.30. The van der Waals surface area contributed by atoms with Gasteiger partial charge in [0.25, 0.3) is 11.6 Å². The van der Waals surface area contributed by atoms with Crippen LogP contribution in [0.2, 0.25) is 0 Å². The number of hydrogen-bond donors (Lipinski definition) is 2. The molecular formula is C25H26N4O4S. The quantitative estimate of drug-likeness (QED) is 0.363. The molecule has 34 heavy (non-hydrogen) atoms. The van der Waals surface area contributed by atoms with Crippen molar-refractivity contribution in [3.63, 3.8) is 0 Å². The normalized spacial score (nSPS) is 13.9. The molecule has 2 N–H and O–H groups in total. The molecular weight excluding hydrogens is 452 g/mol. The van der Waals surface area contributed by atoms with Crippen LogP contribution >= 0.6 is 11.3 Å². The lowest BCUT2D eigenvalue weighted by Crippen LogP contribution is -2.43. The molecule has 0 spiro atoms. The van der Waals surface area contributed by atoms with Gasteiger partial charge < -0.3 is 15.5 Å². The number of nitro benzene ring substituents is 1. The molecule has 8 nitrogen and oxygen atoms in total. The van der Waals surface area contributed by atoms with Crippen molar-refractivity contribution >= 4 is 40.2 Å². The Kier molecular flexibility index (Phi) is 7.54. The Bertz CT molecular complexity index is 1140. The summed E-state index contributed by atoms with van der Waals surface area (Å²) < 4.78 is 0. The maximum atomic E-state index is 13.0. The van der Waals surface area contributed by atoms with Gasteiger partial charge in [-0.25, -0.2) is 0 Å². The summed E-state index contributed by atoms with van der Waals surface area (Å²) in [5.41, 5.74) is 1.16. The first-order chi connectivity index (χ1) is 16.5. The second kappa shape index (κ2) is 10.9. The molecule has 1 saturated heterocycles. The third-order valence-corrected chi connectivity index (χ3v) is 6.83. The summed E-state index contributed by atoms with van der Waals surface area (Å²) in [5, 5.41) is 19.7. The smallest absolute Gasteiger partial charge is 0.293 e. The van der Waals surface area contributed by atoms with E-state index in [9.17, 15) is 19.7 Å². The molecule has 1 aromatic heterocycles. The summed E-state index contributed by atoms with van der Waals surface area (Å²) in [5.74, 6) is -0.360. The zero-order chi connectivity index (χ0) is 23.9. The minimum atomic E-state index is -0.491. The standard InChI is InChI=1S/C25H26N4O4S/c30-24(26-13-10-21-7-4-16-34-21)18-11-14-28(15-12-18)25(31)19-8-9-22(23(17-19)29(32)33)27-20-5-2-1-3-6-20/h1-9,16-18,27H,10-15H2,(H,26,30). The molecule has 0 radical (unpaired) electrons. The Hall–Kier alpha value is -3.72. The highest BCUT2D eigenvalue weighted by Gasteiger charge is 2.28. The van der Waals surface area contributed by atoms with Gasteiger partial charge in [-0.05, 0) is 55.0 Å². The van der Waals surface area contributed by atoms with Gasteiger partial charge in [-0.15, -0.1) is 11.3 Å². The van der Waals surface area contributed by atoms with Crippen molar-refractivity contribution < 1.29 is 14.5 Å². The summed E-state index contributed by atoms with van der Waals surface area (Å²) in [4.78, 5) is 39.5. The Morgan fingerprint density at radius 2 is 1.82 bits per heavy atom. The molecule has 4 rings (SSSR count). The van der Waals surface area contributed by atoms with Gasteiger partial charge in [0.15, 0.2) is 0 Å². The number of rotatable bonds is 8. The fraction of sp³-hybridized carbons (Fsp3) is 0.280. The second-order valence-electron chi connectivity index (χ2n) is 8.17. The van der Waals surface area contributed by atoms with Crippen LogP contribution in [0.3, 0.4) is 0 Å². The van der Waals surface area contributed by atoms with E-state index in [1.165, 1.54) is 10.9 Å². The number of anilines is 2. The van der Waals surface area contributed by atoms with Gasteiger partial charge in [0, 0.05) is 47.7 Å². The SMILES string of the molecule is O=C(NCCc1cccs1)C1CCN(C(=O)c2ccc(Nc3ccccc3)c([N+](=O)[O-])c2)CC1. The van der Waals surface area contributed by atoms with Crippen LogP contribution in [0.4, 0.5) is 17.1 Å². The van der Waals surface area contributed by atoms with Gasteiger partial charge in [0.1, 0.15) is 5.69 Å². The van der Waals surface area contributed by atoms with E-state index in [4.69, 9.17) is 0 Å². The zero-order valence-electron chi connectivity index (χ0n) is 18.6. The van der Waals surface area contributed by atoms with Crippen LogP contribution in [0.5, 0.6) is 0 Å². The number of nitrogens with zero attached hydrogens (tertiary/aromatic N) is 2. The van der Waals surface area contributed by atoms with Crippen LogP contribution in [-0.4, -0.2) is 41.3 Å². The number of hydrogen-bond acceptors (Lipinski definition) is 6. The number of thiophene rings is 1. The van der Waals surface area contributed by atoms with E-state index in [-0.39, 0.29) is 29.0 Å².